The summed E-state index contributed by atoms with van der Waals surface area (Å²) in [5, 5.41) is 7.92. The number of thiazole rings is 1. The molecule has 0 unspecified atom stereocenters. The smallest absolute Gasteiger partial charge is 0.112 e. The largest absolute Gasteiger partial charge is 0.341 e. The second-order valence-electron chi connectivity index (χ2n) is 5.30. The molecule has 0 fully saturated rings. The van der Waals surface area contributed by atoms with Crippen LogP contribution in [0.4, 0.5) is 0 Å². The van der Waals surface area contributed by atoms with Crippen molar-refractivity contribution in [3.63, 3.8) is 0 Å². The lowest BCUT2D eigenvalue weighted by atomic mass is 10.1. The number of rotatable bonds is 5. The third-order valence-electron chi connectivity index (χ3n) is 3.34. The van der Waals surface area contributed by atoms with Gasteiger partial charge in [0.05, 0.1) is 6.54 Å². The van der Waals surface area contributed by atoms with Gasteiger partial charge in [0.2, 0.25) is 0 Å². The summed E-state index contributed by atoms with van der Waals surface area (Å²) in [6.07, 6.45) is 4.01. The molecular weight excluding hydrogens is 266 g/mol. The zero-order valence-electron chi connectivity index (χ0n) is 11.8. The maximum absolute atomic E-state index is 4.37. The Bertz CT molecular complexity index is 683. The van der Waals surface area contributed by atoms with Crippen LogP contribution >= 0.6 is 11.3 Å². The van der Waals surface area contributed by atoms with Crippen molar-refractivity contribution < 1.29 is 0 Å². The molecule has 0 bridgehead atoms. The predicted molar refractivity (Wildman–Crippen MR) is 85.1 cm³/mol. The molecule has 1 N–H and O–H groups in total. The lowest BCUT2D eigenvalue weighted by Gasteiger charge is -2.09. The van der Waals surface area contributed by atoms with Gasteiger partial charge in [-0.05, 0) is 23.1 Å². The molecular formula is C16H19N3S. The highest BCUT2D eigenvalue weighted by atomic mass is 32.1. The van der Waals surface area contributed by atoms with Crippen LogP contribution in [-0.2, 0) is 13.1 Å². The SMILES string of the molecule is CC(C)NCc1ccc2ccn(Cc3nccs3)c2c1. The molecule has 0 aliphatic heterocycles. The van der Waals surface area contributed by atoms with Gasteiger partial charge in [-0.3, -0.25) is 0 Å². The lowest BCUT2D eigenvalue weighted by Crippen LogP contribution is -2.21. The maximum Gasteiger partial charge on any atom is 0.112 e. The number of fused-ring (bicyclic) bond motifs is 1. The van der Waals surface area contributed by atoms with Gasteiger partial charge in [0, 0.05) is 35.9 Å². The molecule has 20 heavy (non-hydrogen) atoms. The molecule has 2 aromatic heterocycles. The number of nitrogens with one attached hydrogen (secondary N) is 1. The molecule has 3 nitrogen and oxygen atoms in total. The molecule has 1 aromatic carbocycles. The first-order valence-corrected chi connectivity index (χ1v) is 7.80. The van der Waals surface area contributed by atoms with Crippen molar-refractivity contribution in [2.24, 2.45) is 0 Å². The lowest BCUT2D eigenvalue weighted by molar-refractivity contribution is 0.589. The fraction of sp³-hybridized carbons (Fsp3) is 0.312. The summed E-state index contributed by atoms with van der Waals surface area (Å²) >= 11 is 1.70. The van der Waals surface area contributed by atoms with Crippen LogP contribution in [-0.4, -0.2) is 15.6 Å². The number of nitrogens with zero attached hydrogens (tertiary/aromatic N) is 2. The summed E-state index contributed by atoms with van der Waals surface area (Å²) in [6, 6.07) is 9.35. The fourth-order valence-corrected chi connectivity index (χ4v) is 2.89. The zero-order chi connectivity index (χ0) is 13.9. The molecule has 3 rings (SSSR count). The van der Waals surface area contributed by atoms with E-state index in [0.29, 0.717) is 6.04 Å². The van der Waals surface area contributed by atoms with Crippen LogP contribution in [0, 0.1) is 0 Å². The van der Waals surface area contributed by atoms with E-state index in [2.05, 4.69) is 59.2 Å². The van der Waals surface area contributed by atoms with Crippen LogP contribution in [0.1, 0.15) is 24.4 Å². The Hall–Kier alpha value is -1.65. The van der Waals surface area contributed by atoms with Gasteiger partial charge < -0.3 is 9.88 Å². The van der Waals surface area contributed by atoms with E-state index in [4.69, 9.17) is 0 Å². The summed E-state index contributed by atoms with van der Waals surface area (Å²) < 4.78 is 2.27. The quantitative estimate of drug-likeness (QED) is 0.775. The number of aromatic nitrogens is 2. The average Bonchev–Trinajstić information content (AvgIpc) is 3.07. The van der Waals surface area contributed by atoms with E-state index in [0.717, 1.165) is 18.1 Å². The Labute approximate surface area is 123 Å². The molecule has 0 aliphatic rings. The van der Waals surface area contributed by atoms with E-state index in [-0.39, 0.29) is 0 Å². The Balaban J connectivity index is 1.87. The van der Waals surface area contributed by atoms with Crippen LogP contribution in [0.15, 0.2) is 42.0 Å². The highest BCUT2D eigenvalue weighted by Crippen LogP contribution is 2.19. The highest BCUT2D eigenvalue weighted by molar-refractivity contribution is 7.09. The van der Waals surface area contributed by atoms with E-state index in [1.165, 1.54) is 16.5 Å². The van der Waals surface area contributed by atoms with Crippen LogP contribution < -0.4 is 5.32 Å². The van der Waals surface area contributed by atoms with Gasteiger partial charge in [-0.1, -0.05) is 26.0 Å². The van der Waals surface area contributed by atoms with E-state index in [9.17, 15) is 0 Å². The molecule has 4 heteroatoms. The van der Waals surface area contributed by atoms with Crippen LogP contribution in [0.25, 0.3) is 10.9 Å². The molecule has 0 saturated carbocycles. The van der Waals surface area contributed by atoms with Crippen molar-refractivity contribution in [1.82, 2.24) is 14.9 Å². The normalized spacial score (nSPS) is 11.6. The van der Waals surface area contributed by atoms with E-state index in [1.54, 1.807) is 11.3 Å². The molecule has 0 radical (unpaired) electrons. The van der Waals surface area contributed by atoms with Crippen molar-refractivity contribution in [2.45, 2.75) is 33.0 Å². The van der Waals surface area contributed by atoms with Crippen LogP contribution in [0.3, 0.4) is 0 Å². The summed E-state index contributed by atoms with van der Waals surface area (Å²) in [7, 11) is 0. The molecule has 3 aromatic rings. The van der Waals surface area contributed by atoms with Gasteiger partial charge >= 0.3 is 0 Å². The van der Waals surface area contributed by atoms with Crippen LogP contribution in [0.5, 0.6) is 0 Å². The summed E-state index contributed by atoms with van der Waals surface area (Å²) in [5.74, 6) is 0. The van der Waals surface area contributed by atoms with Crippen molar-refractivity contribution >= 4 is 22.2 Å². The Morgan fingerprint density at radius 2 is 2.20 bits per heavy atom. The first kappa shape index (κ1) is 13.3. The number of hydrogen-bond acceptors (Lipinski definition) is 3. The molecule has 2 heterocycles. The van der Waals surface area contributed by atoms with Gasteiger partial charge in [-0.25, -0.2) is 4.98 Å². The molecule has 0 spiro atoms. The fourth-order valence-electron chi connectivity index (χ4n) is 2.28. The Morgan fingerprint density at radius 3 is 2.95 bits per heavy atom. The average molecular weight is 285 g/mol. The monoisotopic (exact) mass is 285 g/mol. The topological polar surface area (TPSA) is 29.9 Å². The Kier molecular flexibility index (Phi) is 3.85. The molecule has 0 aliphatic carbocycles. The Morgan fingerprint density at radius 1 is 1.30 bits per heavy atom. The van der Waals surface area contributed by atoms with Crippen molar-refractivity contribution in [1.29, 1.82) is 0 Å². The third kappa shape index (κ3) is 2.92. The van der Waals surface area contributed by atoms with E-state index < -0.39 is 0 Å². The van der Waals surface area contributed by atoms with Crippen LogP contribution in [0.2, 0.25) is 0 Å². The second-order valence-corrected chi connectivity index (χ2v) is 6.28. The molecule has 0 atom stereocenters. The molecule has 0 saturated heterocycles. The highest BCUT2D eigenvalue weighted by Gasteiger charge is 2.05. The minimum absolute atomic E-state index is 0.507. The molecule has 104 valence electrons. The molecule has 0 amide bonds. The van der Waals surface area contributed by atoms with Crippen molar-refractivity contribution in [2.75, 3.05) is 0 Å². The van der Waals surface area contributed by atoms with Gasteiger partial charge in [0.1, 0.15) is 5.01 Å². The summed E-state index contributed by atoms with van der Waals surface area (Å²) in [5.41, 5.74) is 2.61. The van der Waals surface area contributed by atoms with Crippen molar-refractivity contribution in [3.8, 4) is 0 Å². The maximum atomic E-state index is 4.37. The minimum atomic E-state index is 0.507. The number of benzene rings is 1. The zero-order valence-corrected chi connectivity index (χ0v) is 12.7. The van der Waals surface area contributed by atoms with Gasteiger partial charge in [0.15, 0.2) is 0 Å². The minimum Gasteiger partial charge on any atom is -0.341 e. The first-order chi connectivity index (χ1) is 9.72. The summed E-state index contributed by atoms with van der Waals surface area (Å²) in [4.78, 5) is 4.37. The predicted octanol–water partition coefficient (Wildman–Crippen LogP) is 3.64. The van der Waals surface area contributed by atoms with Gasteiger partial charge in [-0.2, -0.15) is 0 Å². The first-order valence-electron chi connectivity index (χ1n) is 6.92. The van der Waals surface area contributed by atoms with E-state index in [1.807, 2.05) is 11.6 Å². The van der Waals surface area contributed by atoms with Gasteiger partial charge in [0.25, 0.3) is 0 Å². The third-order valence-corrected chi connectivity index (χ3v) is 4.11. The van der Waals surface area contributed by atoms with Gasteiger partial charge in [-0.15, -0.1) is 11.3 Å². The summed E-state index contributed by atoms with van der Waals surface area (Å²) in [6.45, 7) is 6.10. The number of hydrogen-bond donors (Lipinski definition) is 1. The van der Waals surface area contributed by atoms with Crippen molar-refractivity contribution in [3.05, 3.63) is 52.6 Å². The second kappa shape index (κ2) is 5.77. The standard InChI is InChI=1S/C16H19N3S/c1-12(2)18-10-13-3-4-14-5-7-19(15(14)9-13)11-16-17-6-8-20-16/h3-9,12,18H,10-11H2,1-2H3. The van der Waals surface area contributed by atoms with E-state index >= 15 is 0 Å².